The molecule has 2 rings (SSSR count). The summed E-state index contributed by atoms with van der Waals surface area (Å²) < 4.78 is 10.7. The molecular formula is C17H28N2O2. The number of ether oxygens (including phenoxy) is 2. The van der Waals surface area contributed by atoms with Crippen molar-refractivity contribution < 1.29 is 9.47 Å². The molecule has 1 saturated heterocycles. The normalized spacial score (nSPS) is 24.6. The minimum Gasteiger partial charge on any atom is -0.493 e. The number of piperazine rings is 1. The highest BCUT2D eigenvalue weighted by Gasteiger charge is 2.26. The van der Waals surface area contributed by atoms with E-state index in [1.54, 1.807) is 14.2 Å². The Labute approximate surface area is 128 Å². The number of nitrogens with one attached hydrogen (secondary N) is 1. The van der Waals surface area contributed by atoms with Gasteiger partial charge in [-0.05, 0) is 44.9 Å². The van der Waals surface area contributed by atoms with Crippen LogP contribution in [0.4, 0.5) is 0 Å². The molecule has 0 aliphatic carbocycles. The maximum atomic E-state index is 5.39. The van der Waals surface area contributed by atoms with Gasteiger partial charge in [-0.1, -0.05) is 6.07 Å². The smallest absolute Gasteiger partial charge is 0.160 e. The third kappa shape index (κ3) is 3.89. The first-order valence-corrected chi connectivity index (χ1v) is 7.75. The van der Waals surface area contributed by atoms with Gasteiger partial charge in [0.2, 0.25) is 0 Å². The summed E-state index contributed by atoms with van der Waals surface area (Å²) in [6.07, 6.45) is 1.03. The fourth-order valence-corrected chi connectivity index (χ4v) is 3.13. The SMILES string of the molecule is COc1ccc(CC(C)N2CC(C)NCC2C)cc1OC. The molecule has 1 aliphatic heterocycles. The highest BCUT2D eigenvalue weighted by Crippen LogP contribution is 2.28. The van der Waals surface area contributed by atoms with Crippen molar-refractivity contribution in [2.75, 3.05) is 27.3 Å². The summed E-state index contributed by atoms with van der Waals surface area (Å²) in [6, 6.07) is 7.87. The summed E-state index contributed by atoms with van der Waals surface area (Å²) in [7, 11) is 3.36. The molecule has 1 heterocycles. The summed E-state index contributed by atoms with van der Waals surface area (Å²) >= 11 is 0. The highest BCUT2D eigenvalue weighted by molar-refractivity contribution is 5.43. The third-order valence-corrected chi connectivity index (χ3v) is 4.36. The van der Waals surface area contributed by atoms with Gasteiger partial charge in [-0.3, -0.25) is 4.90 Å². The zero-order valence-electron chi connectivity index (χ0n) is 13.8. The second kappa shape index (κ2) is 7.14. The first-order valence-electron chi connectivity index (χ1n) is 7.75. The number of benzene rings is 1. The van der Waals surface area contributed by atoms with E-state index in [1.165, 1.54) is 5.56 Å². The lowest BCUT2D eigenvalue weighted by molar-refractivity contribution is 0.103. The molecule has 21 heavy (non-hydrogen) atoms. The van der Waals surface area contributed by atoms with E-state index in [0.717, 1.165) is 31.0 Å². The zero-order valence-corrected chi connectivity index (χ0v) is 13.8. The zero-order chi connectivity index (χ0) is 15.4. The number of hydrogen-bond acceptors (Lipinski definition) is 4. The van der Waals surface area contributed by atoms with Crippen LogP contribution in [0.15, 0.2) is 18.2 Å². The predicted octanol–water partition coefficient (Wildman–Crippen LogP) is 2.32. The maximum absolute atomic E-state index is 5.39. The molecule has 3 atom stereocenters. The van der Waals surface area contributed by atoms with Crippen LogP contribution in [0.5, 0.6) is 11.5 Å². The third-order valence-electron chi connectivity index (χ3n) is 4.36. The lowest BCUT2D eigenvalue weighted by Gasteiger charge is -2.41. The van der Waals surface area contributed by atoms with Crippen LogP contribution < -0.4 is 14.8 Å². The van der Waals surface area contributed by atoms with Crippen molar-refractivity contribution in [3.63, 3.8) is 0 Å². The molecule has 1 N–H and O–H groups in total. The molecule has 0 bridgehead atoms. The summed E-state index contributed by atoms with van der Waals surface area (Å²) in [5.74, 6) is 1.60. The fourth-order valence-electron chi connectivity index (χ4n) is 3.13. The highest BCUT2D eigenvalue weighted by atomic mass is 16.5. The Morgan fingerprint density at radius 2 is 1.95 bits per heavy atom. The van der Waals surface area contributed by atoms with Gasteiger partial charge in [0.1, 0.15) is 0 Å². The van der Waals surface area contributed by atoms with E-state index in [9.17, 15) is 0 Å². The van der Waals surface area contributed by atoms with Crippen LogP contribution in [0.3, 0.4) is 0 Å². The Hall–Kier alpha value is -1.26. The predicted molar refractivity (Wildman–Crippen MR) is 86.3 cm³/mol. The van der Waals surface area contributed by atoms with Gasteiger partial charge in [-0.25, -0.2) is 0 Å². The molecule has 118 valence electrons. The Kier molecular flexibility index (Phi) is 5.48. The average molecular weight is 292 g/mol. The van der Waals surface area contributed by atoms with Gasteiger partial charge in [0.25, 0.3) is 0 Å². The number of nitrogens with zero attached hydrogens (tertiary/aromatic N) is 1. The van der Waals surface area contributed by atoms with E-state index >= 15 is 0 Å². The topological polar surface area (TPSA) is 33.7 Å². The van der Waals surface area contributed by atoms with E-state index in [1.807, 2.05) is 6.07 Å². The Balaban J connectivity index is 2.06. The standard InChI is InChI=1S/C17H28N2O2/c1-12-11-19(14(3)10-18-12)13(2)8-15-6-7-16(20-4)17(9-15)21-5/h6-7,9,12-14,18H,8,10-11H2,1-5H3. The van der Waals surface area contributed by atoms with Gasteiger partial charge >= 0.3 is 0 Å². The first-order chi connectivity index (χ1) is 10.0. The largest absolute Gasteiger partial charge is 0.493 e. The number of rotatable bonds is 5. The van der Waals surface area contributed by atoms with E-state index in [0.29, 0.717) is 18.1 Å². The molecule has 0 aromatic heterocycles. The second-order valence-corrected chi connectivity index (χ2v) is 6.10. The van der Waals surface area contributed by atoms with E-state index < -0.39 is 0 Å². The minimum atomic E-state index is 0.516. The van der Waals surface area contributed by atoms with Crippen LogP contribution >= 0.6 is 0 Å². The maximum Gasteiger partial charge on any atom is 0.160 e. The Bertz CT molecular complexity index is 464. The molecular weight excluding hydrogens is 264 g/mol. The molecule has 0 spiro atoms. The molecule has 1 aliphatic rings. The van der Waals surface area contributed by atoms with Crippen LogP contribution in [-0.2, 0) is 6.42 Å². The van der Waals surface area contributed by atoms with Crippen molar-refractivity contribution in [3.05, 3.63) is 23.8 Å². The van der Waals surface area contributed by atoms with Crippen molar-refractivity contribution >= 4 is 0 Å². The number of hydrogen-bond donors (Lipinski definition) is 1. The monoisotopic (exact) mass is 292 g/mol. The van der Waals surface area contributed by atoms with Gasteiger partial charge in [-0.2, -0.15) is 0 Å². The molecule has 1 fully saturated rings. The van der Waals surface area contributed by atoms with E-state index in [-0.39, 0.29) is 0 Å². The lowest BCUT2D eigenvalue weighted by atomic mass is 10.0. The van der Waals surface area contributed by atoms with E-state index in [2.05, 4.69) is 43.1 Å². The van der Waals surface area contributed by atoms with Crippen LogP contribution in [0, 0.1) is 0 Å². The van der Waals surface area contributed by atoms with Crippen molar-refractivity contribution in [1.82, 2.24) is 10.2 Å². The molecule has 0 radical (unpaired) electrons. The van der Waals surface area contributed by atoms with E-state index in [4.69, 9.17) is 9.47 Å². The van der Waals surface area contributed by atoms with Crippen molar-refractivity contribution in [2.45, 2.75) is 45.3 Å². The van der Waals surface area contributed by atoms with Gasteiger partial charge in [0.05, 0.1) is 14.2 Å². The lowest BCUT2D eigenvalue weighted by Crippen LogP contribution is -2.57. The van der Waals surface area contributed by atoms with Crippen molar-refractivity contribution in [2.24, 2.45) is 0 Å². The van der Waals surface area contributed by atoms with Gasteiger partial charge in [0, 0.05) is 31.2 Å². The molecule has 3 unspecified atom stereocenters. The fraction of sp³-hybridized carbons (Fsp3) is 0.647. The van der Waals surface area contributed by atoms with Gasteiger partial charge < -0.3 is 14.8 Å². The first kappa shape index (κ1) is 16.1. The minimum absolute atomic E-state index is 0.516. The summed E-state index contributed by atoms with van der Waals surface area (Å²) in [5.41, 5.74) is 1.29. The van der Waals surface area contributed by atoms with Crippen LogP contribution in [0.25, 0.3) is 0 Å². The van der Waals surface area contributed by atoms with Crippen LogP contribution in [0.1, 0.15) is 26.3 Å². The summed E-state index contributed by atoms with van der Waals surface area (Å²) in [4.78, 5) is 2.60. The van der Waals surface area contributed by atoms with Gasteiger partial charge in [0.15, 0.2) is 11.5 Å². The van der Waals surface area contributed by atoms with Crippen LogP contribution in [0.2, 0.25) is 0 Å². The second-order valence-electron chi connectivity index (χ2n) is 6.10. The van der Waals surface area contributed by atoms with Gasteiger partial charge in [-0.15, -0.1) is 0 Å². The van der Waals surface area contributed by atoms with Crippen LogP contribution in [-0.4, -0.2) is 50.3 Å². The molecule has 0 saturated carbocycles. The Morgan fingerprint density at radius 1 is 1.24 bits per heavy atom. The summed E-state index contributed by atoms with van der Waals surface area (Å²) in [5, 5.41) is 3.54. The molecule has 4 heteroatoms. The molecule has 1 aromatic rings. The van der Waals surface area contributed by atoms with Crippen molar-refractivity contribution in [1.29, 1.82) is 0 Å². The average Bonchev–Trinajstić information content (AvgIpc) is 2.49. The molecule has 0 amide bonds. The summed E-state index contributed by atoms with van der Waals surface area (Å²) in [6.45, 7) is 9.03. The molecule has 1 aromatic carbocycles. The Morgan fingerprint density at radius 3 is 2.62 bits per heavy atom. The number of methoxy groups -OCH3 is 2. The quantitative estimate of drug-likeness (QED) is 0.903. The van der Waals surface area contributed by atoms with Crippen molar-refractivity contribution in [3.8, 4) is 11.5 Å². The molecule has 4 nitrogen and oxygen atoms in total.